The third kappa shape index (κ3) is 3.13. The van der Waals surface area contributed by atoms with E-state index in [-0.39, 0.29) is 12.0 Å². The van der Waals surface area contributed by atoms with Crippen molar-refractivity contribution in [3.63, 3.8) is 0 Å². The maximum atomic E-state index is 11.9. The van der Waals surface area contributed by atoms with Crippen LogP contribution in [0.2, 0.25) is 0 Å². The molecule has 0 atom stereocenters. The number of halogens is 3. The summed E-state index contributed by atoms with van der Waals surface area (Å²) in [5.74, 6) is -0.810. The first kappa shape index (κ1) is 12.9. The van der Waals surface area contributed by atoms with Crippen LogP contribution >= 0.6 is 0 Å². The number of rotatable bonds is 3. The fraction of sp³-hybridized carbons (Fsp3) is 0.250. The molecule has 1 aromatic heterocycles. The van der Waals surface area contributed by atoms with Crippen LogP contribution in [0, 0.1) is 17.0 Å². The van der Waals surface area contributed by atoms with Crippen LogP contribution in [0.5, 0.6) is 5.75 Å². The molecule has 9 heteroatoms. The van der Waals surface area contributed by atoms with Gasteiger partial charge in [0.15, 0.2) is 17.7 Å². The Balaban J connectivity index is 3.29. The van der Waals surface area contributed by atoms with Crippen molar-refractivity contribution in [2.45, 2.75) is 13.3 Å². The molecule has 0 aliphatic heterocycles. The molecule has 1 rings (SSSR count). The van der Waals surface area contributed by atoms with E-state index in [9.17, 15) is 28.1 Å². The number of pyridine rings is 1. The standard InChI is InChI=1S/C8H5F3N2O4/c1-4-7(17-8(9,10)11)2-6(13(15)16)5(3-14)12-4/h2-3H,1H3. The molecule has 0 N–H and O–H groups in total. The van der Waals surface area contributed by atoms with Gasteiger partial charge in [-0.25, -0.2) is 4.98 Å². The van der Waals surface area contributed by atoms with Crippen LogP contribution in [0.1, 0.15) is 16.2 Å². The molecular formula is C8H5F3N2O4. The number of hydrogen-bond donors (Lipinski definition) is 0. The van der Waals surface area contributed by atoms with Crippen LogP contribution in [-0.2, 0) is 0 Å². The Morgan fingerprint density at radius 1 is 1.53 bits per heavy atom. The SMILES string of the molecule is Cc1nc(C=O)c([N+](=O)[O-])cc1OC(F)(F)F. The summed E-state index contributed by atoms with van der Waals surface area (Å²) in [6, 6.07) is 0.513. The zero-order chi connectivity index (χ0) is 13.2. The molecule has 6 nitrogen and oxygen atoms in total. The van der Waals surface area contributed by atoms with E-state index in [0.717, 1.165) is 6.92 Å². The van der Waals surface area contributed by atoms with Crippen LogP contribution < -0.4 is 4.74 Å². The van der Waals surface area contributed by atoms with Crippen molar-refractivity contribution in [1.29, 1.82) is 0 Å². The number of nitro groups is 1. The van der Waals surface area contributed by atoms with Crippen molar-refractivity contribution >= 4 is 12.0 Å². The average molecular weight is 250 g/mol. The molecule has 0 amide bonds. The predicted octanol–water partition coefficient (Wildman–Crippen LogP) is 2.01. The monoisotopic (exact) mass is 250 g/mol. The number of aldehydes is 1. The minimum Gasteiger partial charge on any atom is -0.404 e. The number of carbonyl (C=O) groups is 1. The van der Waals surface area contributed by atoms with Crippen molar-refractivity contribution in [1.82, 2.24) is 4.98 Å². The highest BCUT2D eigenvalue weighted by molar-refractivity contribution is 5.79. The van der Waals surface area contributed by atoms with Crippen LogP contribution in [-0.4, -0.2) is 22.6 Å². The van der Waals surface area contributed by atoms with Gasteiger partial charge in [-0.05, 0) is 6.92 Å². The molecule has 0 unspecified atom stereocenters. The Morgan fingerprint density at radius 3 is 2.53 bits per heavy atom. The Kier molecular flexibility index (Phi) is 3.30. The first-order valence-corrected chi connectivity index (χ1v) is 4.11. The maximum Gasteiger partial charge on any atom is 0.573 e. The lowest BCUT2D eigenvalue weighted by Gasteiger charge is -2.10. The van der Waals surface area contributed by atoms with E-state index < -0.39 is 28.4 Å². The summed E-state index contributed by atoms with van der Waals surface area (Å²) in [4.78, 5) is 23.3. The summed E-state index contributed by atoms with van der Waals surface area (Å²) in [5.41, 5.74) is -1.66. The average Bonchev–Trinajstić information content (AvgIpc) is 2.18. The third-order valence-corrected chi connectivity index (χ3v) is 1.71. The highest BCUT2D eigenvalue weighted by Gasteiger charge is 2.33. The van der Waals surface area contributed by atoms with Gasteiger partial charge in [0.05, 0.1) is 16.7 Å². The maximum absolute atomic E-state index is 11.9. The molecule has 0 aliphatic rings. The summed E-state index contributed by atoms with van der Waals surface area (Å²) >= 11 is 0. The van der Waals surface area contributed by atoms with E-state index in [4.69, 9.17) is 0 Å². The highest BCUT2D eigenvalue weighted by Crippen LogP contribution is 2.29. The quantitative estimate of drug-likeness (QED) is 0.465. The van der Waals surface area contributed by atoms with E-state index in [1.807, 2.05) is 0 Å². The van der Waals surface area contributed by atoms with Crippen LogP contribution in [0.25, 0.3) is 0 Å². The summed E-state index contributed by atoms with van der Waals surface area (Å²) in [6.45, 7) is 1.14. The molecule has 0 aliphatic carbocycles. The smallest absolute Gasteiger partial charge is 0.404 e. The lowest BCUT2D eigenvalue weighted by Crippen LogP contribution is -2.18. The second kappa shape index (κ2) is 4.36. The van der Waals surface area contributed by atoms with Gasteiger partial charge in [-0.2, -0.15) is 0 Å². The number of nitrogens with zero attached hydrogens (tertiary/aromatic N) is 2. The number of aromatic nitrogens is 1. The van der Waals surface area contributed by atoms with E-state index in [1.54, 1.807) is 0 Å². The normalized spacial score (nSPS) is 11.1. The third-order valence-electron chi connectivity index (χ3n) is 1.71. The van der Waals surface area contributed by atoms with Gasteiger partial charge in [-0.15, -0.1) is 13.2 Å². The van der Waals surface area contributed by atoms with Crippen LogP contribution in [0.4, 0.5) is 18.9 Å². The fourth-order valence-electron chi connectivity index (χ4n) is 1.06. The molecule has 92 valence electrons. The Hall–Kier alpha value is -2.19. The zero-order valence-corrected chi connectivity index (χ0v) is 8.32. The van der Waals surface area contributed by atoms with Crippen molar-refractivity contribution in [2.24, 2.45) is 0 Å². The van der Waals surface area contributed by atoms with Gasteiger partial charge in [-0.1, -0.05) is 0 Å². The number of aryl methyl sites for hydroxylation is 1. The lowest BCUT2D eigenvalue weighted by molar-refractivity contribution is -0.385. The molecule has 0 spiro atoms. The van der Waals surface area contributed by atoms with E-state index in [0.29, 0.717) is 6.07 Å². The molecule has 1 aromatic rings. The number of ether oxygens (including phenoxy) is 1. The number of hydrogen-bond acceptors (Lipinski definition) is 5. The Morgan fingerprint density at radius 2 is 2.12 bits per heavy atom. The second-order valence-electron chi connectivity index (χ2n) is 2.90. The van der Waals surface area contributed by atoms with Gasteiger partial charge >= 0.3 is 12.0 Å². The molecule has 0 aromatic carbocycles. The van der Waals surface area contributed by atoms with Gasteiger partial charge in [0.25, 0.3) is 0 Å². The molecular weight excluding hydrogens is 245 g/mol. The molecule has 0 bridgehead atoms. The van der Waals surface area contributed by atoms with Crippen molar-refractivity contribution in [2.75, 3.05) is 0 Å². The minimum absolute atomic E-state index is 0.0858. The highest BCUT2D eigenvalue weighted by atomic mass is 19.4. The van der Waals surface area contributed by atoms with Crippen LogP contribution in [0.3, 0.4) is 0 Å². The van der Waals surface area contributed by atoms with Gasteiger partial charge in [-0.3, -0.25) is 14.9 Å². The largest absolute Gasteiger partial charge is 0.573 e. The first-order valence-electron chi connectivity index (χ1n) is 4.11. The van der Waals surface area contributed by atoms with E-state index in [2.05, 4.69) is 9.72 Å². The van der Waals surface area contributed by atoms with E-state index >= 15 is 0 Å². The molecule has 1 heterocycles. The van der Waals surface area contributed by atoms with Gasteiger partial charge in [0.1, 0.15) is 0 Å². The molecule has 0 fully saturated rings. The first-order chi connectivity index (χ1) is 7.74. The summed E-state index contributed by atoms with van der Waals surface area (Å²) in [7, 11) is 0. The van der Waals surface area contributed by atoms with Gasteiger partial charge < -0.3 is 4.74 Å². The topological polar surface area (TPSA) is 82.3 Å². The van der Waals surface area contributed by atoms with Gasteiger partial charge in [0.2, 0.25) is 0 Å². The van der Waals surface area contributed by atoms with Crippen molar-refractivity contribution in [3.05, 3.63) is 27.6 Å². The lowest BCUT2D eigenvalue weighted by atomic mass is 10.2. The predicted molar refractivity (Wildman–Crippen MR) is 47.7 cm³/mol. The van der Waals surface area contributed by atoms with Crippen LogP contribution in [0.15, 0.2) is 6.07 Å². The molecule has 0 saturated carbocycles. The second-order valence-corrected chi connectivity index (χ2v) is 2.90. The summed E-state index contributed by atoms with van der Waals surface area (Å²) in [6.07, 6.45) is -4.90. The number of carbonyl (C=O) groups excluding carboxylic acids is 1. The van der Waals surface area contributed by atoms with Gasteiger partial charge in [0, 0.05) is 0 Å². The minimum atomic E-state index is -4.98. The molecule has 0 radical (unpaired) electrons. The Bertz CT molecular complexity index is 473. The van der Waals surface area contributed by atoms with Crippen molar-refractivity contribution in [3.8, 4) is 5.75 Å². The summed E-state index contributed by atoms with van der Waals surface area (Å²) < 4.78 is 39.4. The zero-order valence-electron chi connectivity index (χ0n) is 8.32. The Labute approximate surface area is 92.2 Å². The molecule has 0 saturated heterocycles. The fourth-order valence-corrected chi connectivity index (χ4v) is 1.06. The van der Waals surface area contributed by atoms with E-state index in [1.165, 1.54) is 0 Å². The molecule has 17 heavy (non-hydrogen) atoms. The van der Waals surface area contributed by atoms with Crippen molar-refractivity contribution < 1.29 is 27.6 Å². The number of alkyl halides is 3. The summed E-state index contributed by atoms with van der Waals surface area (Å²) in [5, 5.41) is 10.5.